The number of thiazole rings is 1. The number of carbonyl (C=O) groups is 1. The van der Waals surface area contributed by atoms with Crippen molar-refractivity contribution < 1.29 is 26.4 Å². The Bertz CT molecular complexity index is 1560. The van der Waals surface area contributed by atoms with E-state index in [1.807, 2.05) is 32.3 Å². The van der Waals surface area contributed by atoms with Crippen LogP contribution < -0.4 is 4.80 Å². The summed E-state index contributed by atoms with van der Waals surface area (Å²) < 4.78 is 59.7. The molecule has 1 amide bonds. The third-order valence-corrected chi connectivity index (χ3v) is 9.67. The number of nitrogens with zero attached hydrogens (tertiary/aromatic N) is 3. The first-order valence-corrected chi connectivity index (χ1v) is 16.4. The summed E-state index contributed by atoms with van der Waals surface area (Å²) in [4.78, 5) is 18.1. The van der Waals surface area contributed by atoms with Crippen molar-refractivity contribution in [3.8, 4) is 0 Å². The second kappa shape index (κ2) is 12.2. The zero-order valence-electron chi connectivity index (χ0n) is 22.5. The lowest BCUT2D eigenvalue weighted by atomic mass is 10.2. The highest BCUT2D eigenvalue weighted by atomic mass is 32.2. The van der Waals surface area contributed by atoms with Gasteiger partial charge in [0, 0.05) is 38.6 Å². The van der Waals surface area contributed by atoms with Gasteiger partial charge in [-0.25, -0.2) is 16.8 Å². The van der Waals surface area contributed by atoms with Gasteiger partial charge in [0.15, 0.2) is 14.6 Å². The third-order valence-electron chi connectivity index (χ3n) is 5.68. The van der Waals surface area contributed by atoms with E-state index in [0.717, 1.165) is 11.8 Å². The van der Waals surface area contributed by atoms with Crippen LogP contribution in [0.5, 0.6) is 0 Å². The molecule has 12 heteroatoms. The molecule has 0 spiro atoms. The number of rotatable bonds is 11. The van der Waals surface area contributed by atoms with Gasteiger partial charge in [-0.15, -0.1) is 0 Å². The minimum absolute atomic E-state index is 0.126. The average Bonchev–Trinajstić information content (AvgIpc) is 3.17. The minimum Gasteiger partial charge on any atom is -0.383 e. The lowest BCUT2D eigenvalue weighted by molar-refractivity contribution is 0.0997. The second-order valence-corrected chi connectivity index (χ2v) is 14.9. The molecule has 0 aliphatic heterocycles. The number of aromatic nitrogens is 1. The molecule has 0 aliphatic rings. The number of hydrogen-bond donors (Lipinski definition) is 0. The molecule has 1 heterocycles. The van der Waals surface area contributed by atoms with Crippen LogP contribution >= 0.6 is 11.3 Å². The van der Waals surface area contributed by atoms with Crippen LogP contribution in [-0.4, -0.2) is 64.7 Å². The number of carbonyl (C=O) groups excluding carboxylic acids is 1. The molecule has 1 aromatic heterocycles. The summed E-state index contributed by atoms with van der Waals surface area (Å²) in [5.41, 5.74) is 0.985. The Morgan fingerprint density at radius 2 is 1.55 bits per heavy atom. The monoisotopic (exact) mass is 581 g/mol. The lowest BCUT2D eigenvalue weighted by Gasteiger charge is -2.25. The van der Waals surface area contributed by atoms with Crippen molar-refractivity contribution in [3.63, 3.8) is 0 Å². The van der Waals surface area contributed by atoms with Crippen LogP contribution in [-0.2, 0) is 31.1 Å². The van der Waals surface area contributed by atoms with Crippen molar-refractivity contribution in [1.29, 1.82) is 0 Å². The average molecular weight is 582 g/mol. The standard InChI is InChI=1S/C26H35N3O6S3/c1-18(2)16-28(17-19(3)4)38(33,34)21-9-7-20(8-10-21)25(30)27-26-29(13-14-35-5)23-12-11-22(37(6,31)32)15-24(23)36-26/h7-12,15,18-19H,13-14,16-17H2,1-6H3. The molecular weight excluding hydrogens is 547 g/mol. The Morgan fingerprint density at radius 1 is 0.974 bits per heavy atom. The molecule has 3 aromatic rings. The van der Waals surface area contributed by atoms with E-state index in [2.05, 4.69) is 4.99 Å². The molecule has 0 saturated carbocycles. The summed E-state index contributed by atoms with van der Waals surface area (Å²) in [7, 11) is -5.54. The molecule has 208 valence electrons. The molecule has 0 bridgehead atoms. The number of amides is 1. The maximum absolute atomic E-state index is 13.3. The van der Waals surface area contributed by atoms with Crippen LogP contribution in [0.1, 0.15) is 38.1 Å². The summed E-state index contributed by atoms with van der Waals surface area (Å²) >= 11 is 1.20. The molecule has 0 radical (unpaired) electrons. The Morgan fingerprint density at radius 3 is 2.08 bits per heavy atom. The molecule has 3 rings (SSSR count). The number of sulfone groups is 1. The van der Waals surface area contributed by atoms with E-state index < -0.39 is 25.8 Å². The predicted octanol–water partition coefficient (Wildman–Crippen LogP) is 3.80. The van der Waals surface area contributed by atoms with Gasteiger partial charge in [0.05, 0.1) is 26.6 Å². The highest BCUT2D eigenvalue weighted by Gasteiger charge is 2.26. The van der Waals surface area contributed by atoms with E-state index in [0.29, 0.717) is 35.7 Å². The number of hydrogen-bond acceptors (Lipinski definition) is 7. The van der Waals surface area contributed by atoms with Crippen LogP contribution in [0, 0.1) is 11.8 Å². The Balaban J connectivity index is 1.99. The largest absolute Gasteiger partial charge is 0.383 e. The highest BCUT2D eigenvalue weighted by molar-refractivity contribution is 7.90. The molecule has 2 aromatic carbocycles. The third kappa shape index (κ3) is 7.17. The Kier molecular flexibility index (Phi) is 9.69. The first-order valence-electron chi connectivity index (χ1n) is 12.3. The molecular formula is C26H35N3O6S3. The van der Waals surface area contributed by atoms with E-state index in [1.165, 1.54) is 46.0 Å². The predicted molar refractivity (Wildman–Crippen MR) is 150 cm³/mol. The first-order chi connectivity index (χ1) is 17.7. The number of benzene rings is 2. The quantitative estimate of drug-likeness (QED) is 0.340. The molecule has 9 nitrogen and oxygen atoms in total. The van der Waals surface area contributed by atoms with E-state index >= 15 is 0 Å². The summed E-state index contributed by atoms with van der Waals surface area (Å²) in [6, 6.07) is 10.6. The number of ether oxygens (including phenoxy) is 1. The van der Waals surface area contributed by atoms with Gasteiger partial charge in [-0.05, 0) is 54.3 Å². The summed E-state index contributed by atoms with van der Waals surface area (Å²) in [5, 5.41) is 0. The van der Waals surface area contributed by atoms with Crippen LogP contribution in [0.3, 0.4) is 0 Å². The van der Waals surface area contributed by atoms with Crippen LogP contribution in [0.15, 0.2) is 57.2 Å². The molecule has 0 N–H and O–H groups in total. The van der Waals surface area contributed by atoms with Gasteiger partial charge >= 0.3 is 0 Å². The molecule has 0 unspecified atom stereocenters. The van der Waals surface area contributed by atoms with E-state index in [9.17, 15) is 21.6 Å². The maximum atomic E-state index is 13.3. The Hall–Kier alpha value is -2.38. The smallest absolute Gasteiger partial charge is 0.279 e. The number of sulfonamides is 1. The minimum atomic E-state index is -3.72. The van der Waals surface area contributed by atoms with Gasteiger partial charge in [0.1, 0.15) is 0 Å². The van der Waals surface area contributed by atoms with Crippen molar-refractivity contribution in [1.82, 2.24) is 8.87 Å². The fourth-order valence-corrected chi connectivity index (χ4v) is 7.51. The van der Waals surface area contributed by atoms with Crippen molar-refractivity contribution in [2.24, 2.45) is 16.8 Å². The molecule has 38 heavy (non-hydrogen) atoms. The molecule has 0 fully saturated rings. The summed E-state index contributed by atoms with van der Waals surface area (Å²) in [6.45, 7) is 9.50. The normalized spacial score (nSPS) is 13.3. The summed E-state index contributed by atoms with van der Waals surface area (Å²) in [5.74, 6) is -0.193. The Labute approximate surface area is 228 Å². The molecule has 0 saturated heterocycles. The zero-order chi connectivity index (χ0) is 28.3. The van der Waals surface area contributed by atoms with Gasteiger partial charge in [-0.1, -0.05) is 39.0 Å². The van der Waals surface area contributed by atoms with E-state index in [-0.39, 0.29) is 27.2 Å². The van der Waals surface area contributed by atoms with Gasteiger partial charge in [0.2, 0.25) is 10.0 Å². The van der Waals surface area contributed by atoms with Gasteiger partial charge in [-0.3, -0.25) is 4.79 Å². The van der Waals surface area contributed by atoms with Crippen LogP contribution in [0.4, 0.5) is 0 Å². The molecule has 0 aliphatic carbocycles. The second-order valence-electron chi connectivity index (χ2n) is 9.98. The fraction of sp³-hybridized carbons (Fsp3) is 0.462. The SMILES string of the molecule is COCCn1c(=NC(=O)c2ccc(S(=O)(=O)N(CC(C)C)CC(C)C)cc2)sc2cc(S(C)(=O)=O)ccc21. The number of methoxy groups -OCH3 is 1. The van der Waals surface area contributed by atoms with Crippen molar-refractivity contribution in [3.05, 3.63) is 52.8 Å². The van der Waals surface area contributed by atoms with E-state index in [4.69, 9.17) is 4.74 Å². The van der Waals surface area contributed by atoms with Crippen molar-refractivity contribution in [2.75, 3.05) is 33.1 Å². The van der Waals surface area contributed by atoms with Crippen molar-refractivity contribution in [2.45, 2.75) is 44.0 Å². The van der Waals surface area contributed by atoms with Crippen LogP contribution in [0.25, 0.3) is 10.2 Å². The first kappa shape index (κ1) is 30.2. The number of fused-ring (bicyclic) bond motifs is 1. The van der Waals surface area contributed by atoms with Crippen LogP contribution in [0.2, 0.25) is 0 Å². The van der Waals surface area contributed by atoms with Gasteiger partial charge < -0.3 is 9.30 Å². The molecule has 0 atom stereocenters. The van der Waals surface area contributed by atoms with Gasteiger partial charge in [0.25, 0.3) is 5.91 Å². The zero-order valence-corrected chi connectivity index (χ0v) is 25.0. The maximum Gasteiger partial charge on any atom is 0.279 e. The van der Waals surface area contributed by atoms with Gasteiger partial charge in [-0.2, -0.15) is 9.30 Å². The highest BCUT2D eigenvalue weighted by Crippen LogP contribution is 2.23. The van der Waals surface area contributed by atoms with E-state index in [1.54, 1.807) is 19.2 Å². The van der Waals surface area contributed by atoms with Crippen molar-refractivity contribution >= 4 is 47.3 Å². The summed E-state index contributed by atoms with van der Waals surface area (Å²) in [6.07, 6.45) is 1.14. The fourth-order valence-electron chi connectivity index (χ4n) is 3.92. The topological polar surface area (TPSA) is 115 Å². The lowest BCUT2D eigenvalue weighted by Crippen LogP contribution is -2.37.